The maximum Gasteiger partial charge on any atom is 0.407 e. The van der Waals surface area contributed by atoms with Gasteiger partial charge >= 0.3 is 6.09 Å². The number of ketones is 1. The van der Waals surface area contributed by atoms with E-state index in [1.165, 1.54) is 19.1 Å². The van der Waals surface area contributed by atoms with Gasteiger partial charge in [-0.25, -0.2) is 9.18 Å². The average molecular weight is 417 g/mol. The van der Waals surface area contributed by atoms with Crippen LogP contribution in [0.1, 0.15) is 36.0 Å². The average Bonchev–Trinajstić information content (AvgIpc) is 3.07. The highest BCUT2D eigenvalue weighted by molar-refractivity contribution is 5.79. The van der Waals surface area contributed by atoms with Crippen molar-refractivity contribution in [3.8, 4) is 11.1 Å². The zero-order valence-corrected chi connectivity index (χ0v) is 17.3. The molecule has 3 aromatic carbocycles. The zero-order valence-electron chi connectivity index (χ0n) is 17.3. The number of Topliss-reactive ketones (excluding diaryl/α,β-unsaturated/α-hetero) is 1. The standard InChI is InChI=1S/C26H24FNO3/c1-17(29)14-20(15-18-10-12-19(27)13-11-18)28-26(30)31-16-25-23-8-4-2-6-21(23)22-7-3-5-9-24(22)25/h2-13,20,25H,14-16H2,1H3,(H,28,30). The van der Waals surface area contributed by atoms with Crippen molar-refractivity contribution in [3.63, 3.8) is 0 Å². The van der Waals surface area contributed by atoms with Gasteiger partial charge < -0.3 is 10.1 Å². The fraction of sp³-hybridized carbons (Fsp3) is 0.231. The van der Waals surface area contributed by atoms with Gasteiger partial charge in [-0.15, -0.1) is 0 Å². The highest BCUT2D eigenvalue weighted by Crippen LogP contribution is 2.44. The number of carbonyl (C=O) groups excluding carboxylic acids is 2. The van der Waals surface area contributed by atoms with Crippen LogP contribution in [0.5, 0.6) is 0 Å². The van der Waals surface area contributed by atoms with E-state index in [0.717, 1.165) is 27.8 Å². The van der Waals surface area contributed by atoms with Gasteiger partial charge in [-0.3, -0.25) is 4.79 Å². The molecule has 158 valence electrons. The monoisotopic (exact) mass is 417 g/mol. The number of rotatable bonds is 7. The normalized spacial score (nSPS) is 13.2. The van der Waals surface area contributed by atoms with Crippen molar-refractivity contribution in [1.82, 2.24) is 5.32 Å². The van der Waals surface area contributed by atoms with Crippen LogP contribution in [-0.2, 0) is 16.0 Å². The number of hydrogen-bond donors (Lipinski definition) is 1. The Morgan fingerprint density at radius 1 is 0.935 bits per heavy atom. The molecule has 5 heteroatoms. The van der Waals surface area contributed by atoms with Crippen LogP contribution in [0.4, 0.5) is 9.18 Å². The van der Waals surface area contributed by atoms with E-state index in [9.17, 15) is 14.0 Å². The van der Waals surface area contributed by atoms with E-state index in [1.54, 1.807) is 12.1 Å². The van der Waals surface area contributed by atoms with E-state index >= 15 is 0 Å². The van der Waals surface area contributed by atoms with Crippen LogP contribution in [0.25, 0.3) is 11.1 Å². The quantitative estimate of drug-likeness (QED) is 0.571. The van der Waals surface area contributed by atoms with E-state index in [-0.39, 0.29) is 30.5 Å². The zero-order chi connectivity index (χ0) is 21.8. The minimum absolute atomic E-state index is 0.0264. The third kappa shape index (κ3) is 4.82. The molecule has 0 saturated carbocycles. The van der Waals surface area contributed by atoms with Crippen molar-refractivity contribution in [2.45, 2.75) is 31.7 Å². The Morgan fingerprint density at radius 3 is 2.10 bits per heavy atom. The summed E-state index contributed by atoms with van der Waals surface area (Å²) in [6, 6.07) is 21.9. The van der Waals surface area contributed by atoms with Crippen LogP contribution in [0.3, 0.4) is 0 Å². The molecule has 31 heavy (non-hydrogen) atoms. The summed E-state index contributed by atoms with van der Waals surface area (Å²) >= 11 is 0. The minimum Gasteiger partial charge on any atom is -0.449 e. The topological polar surface area (TPSA) is 55.4 Å². The Labute approximate surface area is 181 Å². The number of hydrogen-bond acceptors (Lipinski definition) is 3. The summed E-state index contributed by atoms with van der Waals surface area (Å²) in [5, 5.41) is 2.81. The van der Waals surface area contributed by atoms with E-state index in [1.807, 2.05) is 24.3 Å². The Kier molecular flexibility index (Phi) is 6.12. The summed E-state index contributed by atoms with van der Waals surface area (Å²) in [6.07, 6.45) is 0.0428. The van der Waals surface area contributed by atoms with Crippen LogP contribution >= 0.6 is 0 Å². The van der Waals surface area contributed by atoms with Gasteiger partial charge in [0.05, 0.1) is 0 Å². The first kappa shape index (κ1) is 20.8. The Hall–Kier alpha value is -3.47. The largest absolute Gasteiger partial charge is 0.449 e. The van der Waals surface area contributed by atoms with Crippen molar-refractivity contribution in [1.29, 1.82) is 0 Å². The van der Waals surface area contributed by atoms with Gasteiger partial charge in [-0.1, -0.05) is 60.7 Å². The van der Waals surface area contributed by atoms with Gasteiger partial charge in [-0.2, -0.15) is 0 Å². The van der Waals surface area contributed by atoms with Gasteiger partial charge in [0, 0.05) is 18.4 Å². The maximum absolute atomic E-state index is 13.2. The van der Waals surface area contributed by atoms with Crippen molar-refractivity contribution in [3.05, 3.63) is 95.3 Å². The van der Waals surface area contributed by atoms with E-state index < -0.39 is 12.1 Å². The molecule has 1 amide bonds. The third-order valence-electron chi connectivity index (χ3n) is 5.59. The van der Waals surface area contributed by atoms with Gasteiger partial charge in [0.2, 0.25) is 0 Å². The second-order valence-electron chi connectivity index (χ2n) is 7.90. The van der Waals surface area contributed by atoms with Crippen molar-refractivity contribution < 1.29 is 18.7 Å². The predicted molar refractivity (Wildman–Crippen MR) is 117 cm³/mol. The molecule has 0 bridgehead atoms. The molecule has 0 saturated heterocycles. The molecule has 3 aromatic rings. The lowest BCUT2D eigenvalue weighted by atomic mass is 9.98. The summed E-state index contributed by atoms with van der Waals surface area (Å²) in [6.45, 7) is 1.69. The maximum atomic E-state index is 13.2. The number of benzene rings is 3. The highest BCUT2D eigenvalue weighted by Gasteiger charge is 2.29. The Morgan fingerprint density at radius 2 is 1.52 bits per heavy atom. The van der Waals surface area contributed by atoms with Crippen LogP contribution in [0, 0.1) is 5.82 Å². The number of amides is 1. The first-order valence-corrected chi connectivity index (χ1v) is 10.4. The smallest absolute Gasteiger partial charge is 0.407 e. The number of ether oxygens (including phenoxy) is 1. The number of halogens is 1. The van der Waals surface area contributed by atoms with Gasteiger partial charge in [0.1, 0.15) is 18.2 Å². The Balaban J connectivity index is 1.42. The fourth-order valence-corrected chi connectivity index (χ4v) is 4.23. The SMILES string of the molecule is CC(=O)CC(Cc1ccc(F)cc1)NC(=O)OCC1c2ccccc2-c2ccccc21. The summed E-state index contributed by atoms with van der Waals surface area (Å²) in [5.74, 6) is -0.385. The van der Waals surface area contributed by atoms with Crippen LogP contribution in [0.15, 0.2) is 72.8 Å². The molecule has 0 heterocycles. The molecular formula is C26H24FNO3. The van der Waals surface area contributed by atoms with Crippen LogP contribution in [-0.4, -0.2) is 24.5 Å². The molecule has 4 nitrogen and oxygen atoms in total. The molecule has 0 aliphatic heterocycles. The highest BCUT2D eigenvalue weighted by atomic mass is 19.1. The lowest BCUT2D eigenvalue weighted by Crippen LogP contribution is -2.38. The van der Waals surface area contributed by atoms with Gasteiger partial charge in [0.15, 0.2) is 0 Å². The molecule has 0 aromatic heterocycles. The van der Waals surface area contributed by atoms with Crippen LogP contribution in [0.2, 0.25) is 0 Å². The molecule has 1 aliphatic rings. The number of nitrogens with one attached hydrogen (secondary N) is 1. The predicted octanol–water partition coefficient (Wildman–Crippen LogP) is 5.25. The summed E-state index contributed by atoms with van der Waals surface area (Å²) in [4.78, 5) is 24.2. The first-order chi connectivity index (χ1) is 15.0. The fourth-order valence-electron chi connectivity index (χ4n) is 4.23. The molecule has 0 radical (unpaired) electrons. The molecule has 1 aliphatic carbocycles. The lowest BCUT2D eigenvalue weighted by Gasteiger charge is -2.19. The minimum atomic E-state index is -0.560. The lowest BCUT2D eigenvalue weighted by molar-refractivity contribution is -0.117. The molecule has 0 spiro atoms. The second-order valence-corrected chi connectivity index (χ2v) is 7.90. The van der Waals surface area contributed by atoms with Gasteiger partial charge in [0.25, 0.3) is 0 Å². The number of carbonyl (C=O) groups is 2. The van der Waals surface area contributed by atoms with E-state index in [2.05, 4.69) is 29.6 Å². The first-order valence-electron chi connectivity index (χ1n) is 10.4. The molecular weight excluding hydrogens is 393 g/mol. The molecule has 1 unspecified atom stereocenters. The van der Waals surface area contributed by atoms with E-state index in [4.69, 9.17) is 4.74 Å². The van der Waals surface area contributed by atoms with Gasteiger partial charge in [-0.05, 0) is 53.3 Å². The number of alkyl carbamates (subject to hydrolysis) is 1. The Bertz CT molecular complexity index is 1050. The molecule has 1 atom stereocenters. The molecule has 4 rings (SSSR count). The summed E-state index contributed by atoms with van der Waals surface area (Å²) < 4.78 is 18.7. The second kappa shape index (κ2) is 9.13. The third-order valence-corrected chi connectivity index (χ3v) is 5.59. The molecule has 0 fully saturated rings. The summed E-state index contributed by atoms with van der Waals surface area (Å²) in [5.41, 5.74) is 5.45. The van der Waals surface area contributed by atoms with E-state index in [0.29, 0.717) is 6.42 Å². The number of fused-ring (bicyclic) bond motifs is 3. The van der Waals surface area contributed by atoms with Crippen LogP contribution < -0.4 is 5.32 Å². The van der Waals surface area contributed by atoms with Crippen molar-refractivity contribution >= 4 is 11.9 Å². The molecule has 1 N–H and O–H groups in total. The van der Waals surface area contributed by atoms with Crippen molar-refractivity contribution in [2.24, 2.45) is 0 Å². The van der Waals surface area contributed by atoms with Crippen molar-refractivity contribution in [2.75, 3.05) is 6.61 Å². The summed E-state index contributed by atoms with van der Waals surface area (Å²) in [7, 11) is 0.